The van der Waals surface area contributed by atoms with Crippen LogP contribution in [0.15, 0.2) is 72.8 Å². The number of alkyl halides is 1. The highest BCUT2D eigenvalue weighted by Crippen LogP contribution is 2.44. The van der Waals surface area contributed by atoms with E-state index in [1.54, 1.807) is 0 Å². The molecule has 3 aromatic rings. The van der Waals surface area contributed by atoms with Crippen molar-refractivity contribution >= 4 is 26.7 Å². The Morgan fingerprint density at radius 2 is 1.54 bits per heavy atom. The van der Waals surface area contributed by atoms with Crippen molar-refractivity contribution in [3.05, 3.63) is 83.9 Å². The Morgan fingerprint density at radius 1 is 0.917 bits per heavy atom. The Morgan fingerprint density at radius 3 is 2.25 bits per heavy atom. The highest BCUT2D eigenvalue weighted by molar-refractivity contribution is 9.09. The van der Waals surface area contributed by atoms with E-state index in [0.29, 0.717) is 6.42 Å². The smallest absolute Gasteiger partial charge is 0.105 e. The van der Waals surface area contributed by atoms with Gasteiger partial charge in [0.05, 0.1) is 6.10 Å². The normalized spacial score (nSPS) is 15.4. The molecular formula is C21H22BrNO. The molecule has 0 aromatic heterocycles. The van der Waals surface area contributed by atoms with Gasteiger partial charge in [0.25, 0.3) is 0 Å². The summed E-state index contributed by atoms with van der Waals surface area (Å²) in [6.45, 7) is 0. The van der Waals surface area contributed by atoms with Crippen molar-refractivity contribution in [2.24, 2.45) is 0 Å². The molecule has 0 amide bonds. The number of aliphatic hydroxyl groups is 1. The summed E-state index contributed by atoms with van der Waals surface area (Å²) in [7, 11) is 4.07. The molecule has 0 aliphatic heterocycles. The van der Waals surface area contributed by atoms with Crippen molar-refractivity contribution in [2.45, 2.75) is 17.0 Å². The lowest BCUT2D eigenvalue weighted by atomic mass is 9.92. The number of nitrogens with zero attached hydrogens (tertiary/aromatic N) is 1. The van der Waals surface area contributed by atoms with Crippen LogP contribution < -0.4 is 0 Å². The molecule has 0 bridgehead atoms. The van der Waals surface area contributed by atoms with Gasteiger partial charge in [0.1, 0.15) is 4.45 Å². The zero-order valence-electron chi connectivity index (χ0n) is 14.0. The van der Waals surface area contributed by atoms with Gasteiger partial charge in [-0.1, -0.05) is 88.7 Å². The Labute approximate surface area is 151 Å². The van der Waals surface area contributed by atoms with Crippen LogP contribution in [-0.4, -0.2) is 24.1 Å². The summed E-state index contributed by atoms with van der Waals surface area (Å²) in [4.78, 5) is 2.13. The largest absolute Gasteiger partial charge is 0.388 e. The van der Waals surface area contributed by atoms with Gasteiger partial charge in [-0.2, -0.15) is 0 Å². The maximum atomic E-state index is 10.8. The Balaban J connectivity index is 2.05. The fraction of sp³-hybridized carbons (Fsp3) is 0.238. The standard InChI is InChI=1S/C21H22BrNO/c1-23(2)21(22,15-20(24)17-10-4-3-5-11-17)19-14-8-12-16-9-6-7-13-18(16)19/h3-14,20,24H,15H2,1-2H3. The van der Waals surface area contributed by atoms with E-state index >= 15 is 0 Å². The molecule has 124 valence electrons. The van der Waals surface area contributed by atoms with Crippen LogP contribution in [0.5, 0.6) is 0 Å². The molecule has 0 aliphatic rings. The third-order valence-corrected chi connectivity index (χ3v) is 6.02. The molecule has 3 aromatic carbocycles. The summed E-state index contributed by atoms with van der Waals surface area (Å²) >= 11 is 3.94. The number of rotatable bonds is 5. The fourth-order valence-electron chi connectivity index (χ4n) is 3.14. The van der Waals surface area contributed by atoms with E-state index in [1.165, 1.54) is 16.3 Å². The summed E-state index contributed by atoms with van der Waals surface area (Å²) in [6, 6.07) is 24.5. The average molecular weight is 384 g/mol. The van der Waals surface area contributed by atoms with Gasteiger partial charge >= 0.3 is 0 Å². The Kier molecular flexibility index (Phi) is 5.04. The van der Waals surface area contributed by atoms with E-state index in [1.807, 2.05) is 44.4 Å². The van der Waals surface area contributed by atoms with Crippen molar-refractivity contribution in [2.75, 3.05) is 14.1 Å². The summed E-state index contributed by atoms with van der Waals surface area (Å²) < 4.78 is -0.455. The van der Waals surface area contributed by atoms with E-state index in [2.05, 4.69) is 63.3 Å². The fourth-order valence-corrected chi connectivity index (χ4v) is 3.79. The van der Waals surface area contributed by atoms with Gasteiger partial charge in [0.2, 0.25) is 0 Å². The lowest BCUT2D eigenvalue weighted by molar-refractivity contribution is 0.113. The third kappa shape index (κ3) is 3.25. The molecule has 3 heteroatoms. The maximum absolute atomic E-state index is 10.8. The van der Waals surface area contributed by atoms with E-state index in [-0.39, 0.29) is 0 Å². The first-order valence-electron chi connectivity index (χ1n) is 8.10. The van der Waals surface area contributed by atoms with E-state index in [9.17, 15) is 5.11 Å². The molecule has 2 unspecified atom stereocenters. The van der Waals surface area contributed by atoms with Crippen LogP contribution in [0.1, 0.15) is 23.7 Å². The molecule has 0 spiro atoms. The molecule has 1 N–H and O–H groups in total. The van der Waals surface area contributed by atoms with Crippen molar-refractivity contribution in [3.63, 3.8) is 0 Å². The zero-order valence-corrected chi connectivity index (χ0v) is 15.6. The van der Waals surface area contributed by atoms with Gasteiger partial charge in [-0.25, -0.2) is 0 Å². The molecule has 3 rings (SSSR count). The minimum Gasteiger partial charge on any atom is -0.388 e. The first-order valence-corrected chi connectivity index (χ1v) is 8.89. The molecule has 0 saturated heterocycles. The average Bonchev–Trinajstić information content (AvgIpc) is 2.61. The molecule has 0 aliphatic carbocycles. The minimum absolute atomic E-state index is 0.455. The van der Waals surface area contributed by atoms with Crippen LogP contribution in [0, 0.1) is 0 Å². The van der Waals surface area contributed by atoms with Crippen LogP contribution >= 0.6 is 15.9 Å². The van der Waals surface area contributed by atoms with Gasteiger partial charge in [0, 0.05) is 6.42 Å². The quantitative estimate of drug-likeness (QED) is 0.490. The summed E-state index contributed by atoms with van der Waals surface area (Å²) in [5, 5.41) is 13.2. The van der Waals surface area contributed by atoms with Crippen LogP contribution in [0.3, 0.4) is 0 Å². The Hall–Kier alpha value is -1.68. The minimum atomic E-state index is -0.549. The van der Waals surface area contributed by atoms with Gasteiger partial charge in [-0.3, -0.25) is 4.90 Å². The van der Waals surface area contributed by atoms with E-state index < -0.39 is 10.6 Å². The number of aliphatic hydroxyl groups excluding tert-OH is 1. The van der Waals surface area contributed by atoms with Gasteiger partial charge in [-0.15, -0.1) is 0 Å². The summed E-state index contributed by atoms with van der Waals surface area (Å²) in [5.74, 6) is 0. The van der Waals surface area contributed by atoms with Gasteiger partial charge in [0.15, 0.2) is 0 Å². The van der Waals surface area contributed by atoms with Gasteiger partial charge in [-0.05, 0) is 36.0 Å². The molecule has 2 nitrogen and oxygen atoms in total. The number of benzene rings is 3. The van der Waals surface area contributed by atoms with Crippen LogP contribution in [0.2, 0.25) is 0 Å². The Bertz CT molecular complexity index is 813. The first kappa shape index (κ1) is 17.2. The second-order valence-electron chi connectivity index (χ2n) is 6.31. The number of halogens is 1. The zero-order chi connectivity index (χ0) is 17.2. The number of hydrogen-bond acceptors (Lipinski definition) is 2. The van der Waals surface area contributed by atoms with Crippen molar-refractivity contribution in [3.8, 4) is 0 Å². The van der Waals surface area contributed by atoms with Crippen molar-refractivity contribution < 1.29 is 5.11 Å². The van der Waals surface area contributed by atoms with Crippen LogP contribution in [0.25, 0.3) is 10.8 Å². The molecule has 0 saturated carbocycles. The topological polar surface area (TPSA) is 23.5 Å². The monoisotopic (exact) mass is 383 g/mol. The highest BCUT2D eigenvalue weighted by atomic mass is 79.9. The van der Waals surface area contributed by atoms with E-state index in [4.69, 9.17) is 0 Å². The van der Waals surface area contributed by atoms with Crippen molar-refractivity contribution in [1.82, 2.24) is 4.90 Å². The molecule has 0 radical (unpaired) electrons. The molecule has 24 heavy (non-hydrogen) atoms. The maximum Gasteiger partial charge on any atom is 0.105 e. The lowest BCUT2D eigenvalue weighted by Gasteiger charge is -2.37. The summed E-state index contributed by atoms with van der Waals surface area (Å²) in [6.07, 6.45) is 0.00447. The first-order chi connectivity index (χ1) is 11.5. The number of fused-ring (bicyclic) bond motifs is 1. The van der Waals surface area contributed by atoms with Crippen LogP contribution in [-0.2, 0) is 4.45 Å². The molecule has 0 heterocycles. The van der Waals surface area contributed by atoms with Crippen LogP contribution in [0.4, 0.5) is 0 Å². The highest BCUT2D eigenvalue weighted by Gasteiger charge is 2.35. The molecule has 0 fully saturated rings. The number of hydrogen-bond donors (Lipinski definition) is 1. The SMILES string of the molecule is CN(C)C(Br)(CC(O)c1ccccc1)c1cccc2ccccc12. The van der Waals surface area contributed by atoms with Gasteiger partial charge < -0.3 is 5.11 Å². The second-order valence-corrected chi connectivity index (χ2v) is 7.62. The predicted octanol–water partition coefficient (Wildman–Crippen LogP) is 5.07. The van der Waals surface area contributed by atoms with E-state index in [0.717, 1.165) is 5.56 Å². The predicted molar refractivity (Wildman–Crippen MR) is 104 cm³/mol. The molecular weight excluding hydrogens is 362 g/mol. The second kappa shape index (κ2) is 7.06. The lowest BCUT2D eigenvalue weighted by Crippen LogP contribution is -2.37. The van der Waals surface area contributed by atoms with Crippen molar-refractivity contribution in [1.29, 1.82) is 0 Å². The summed E-state index contributed by atoms with van der Waals surface area (Å²) in [5.41, 5.74) is 2.10. The molecule has 2 atom stereocenters. The third-order valence-electron chi connectivity index (χ3n) is 4.56.